The van der Waals surface area contributed by atoms with Crippen LogP contribution in [0.3, 0.4) is 0 Å². The Labute approximate surface area is 206 Å². The average Bonchev–Trinajstić information content (AvgIpc) is 2.86. The molecule has 0 heterocycles. The maximum atomic E-state index is 13.6. The van der Waals surface area contributed by atoms with Crippen LogP contribution >= 0.6 is 11.6 Å². The number of carbonyl (C=O) groups is 2. The molecule has 1 N–H and O–H groups in total. The van der Waals surface area contributed by atoms with Crippen LogP contribution in [0.4, 0.5) is 0 Å². The molecule has 3 aromatic rings. The van der Waals surface area contributed by atoms with E-state index < -0.39 is 6.04 Å². The zero-order valence-electron chi connectivity index (χ0n) is 19.7. The number of hydrogen-bond acceptors (Lipinski definition) is 3. The third-order valence-corrected chi connectivity index (χ3v) is 5.85. The van der Waals surface area contributed by atoms with Gasteiger partial charge in [0, 0.05) is 24.5 Å². The van der Waals surface area contributed by atoms with E-state index in [2.05, 4.69) is 5.32 Å². The van der Waals surface area contributed by atoms with Gasteiger partial charge < -0.3 is 15.0 Å². The number of hydrogen-bond donors (Lipinski definition) is 1. The number of ether oxygens (including phenoxy) is 1. The van der Waals surface area contributed by atoms with Gasteiger partial charge in [-0.1, -0.05) is 73.1 Å². The average molecular weight is 479 g/mol. The Bertz CT molecular complexity index is 1050. The van der Waals surface area contributed by atoms with Gasteiger partial charge in [0.2, 0.25) is 11.8 Å². The Balaban J connectivity index is 1.92. The van der Waals surface area contributed by atoms with E-state index in [1.165, 1.54) is 0 Å². The Morgan fingerprint density at radius 3 is 2.18 bits per heavy atom. The van der Waals surface area contributed by atoms with E-state index in [9.17, 15) is 9.59 Å². The molecular weight excluding hydrogens is 448 g/mol. The van der Waals surface area contributed by atoms with Crippen molar-refractivity contribution in [2.24, 2.45) is 0 Å². The summed E-state index contributed by atoms with van der Waals surface area (Å²) in [6, 6.07) is 23.9. The van der Waals surface area contributed by atoms with Crippen molar-refractivity contribution in [3.63, 3.8) is 0 Å². The highest BCUT2D eigenvalue weighted by Crippen LogP contribution is 2.19. The van der Waals surface area contributed by atoms with Crippen LogP contribution in [0.2, 0.25) is 5.02 Å². The van der Waals surface area contributed by atoms with Crippen molar-refractivity contribution in [2.75, 3.05) is 13.7 Å². The Kier molecular flexibility index (Phi) is 9.53. The number of halogens is 1. The van der Waals surface area contributed by atoms with E-state index in [1.807, 2.05) is 73.7 Å². The van der Waals surface area contributed by atoms with Crippen molar-refractivity contribution in [2.45, 2.75) is 38.8 Å². The molecular formula is C28H31ClN2O3. The van der Waals surface area contributed by atoms with Gasteiger partial charge in [-0.2, -0.15) is 0 Å². The largest absolute Gasteiger partial charge is 0.497 e. The van der Waals surface area contributed by atoms with Gasteiger partial charge in [0.05, 0.1) is 13.5 Å². The highest BCUT2D eigenvalue weighted by molar-refractivity contribution is 6.30. The van der Waals surface area contributed by atoms with Gasteiger partial charge in [0.25, 0.3) is 0 Å². The fraction of sp³-hybridized carbons (Fsp3) is 0.286. The molecule has 0 aliphatic carbocycles. The summed E-state index contributed by atoms with van der Waals surface area (Å²) in [4.78, 5) is 28.6. The summed E-state index contributed by atoms with van der Waals surface area (Å²) in [6.45, 7) is 2.88. The topological polar surface area (TPSA) is 58.6 Å². The highest BCUT2D eigenvalue weighted by atomic mass is 35.5. The maximum Gasteiger partial charge on any atom is 0.243 e. The molecule has 0 aromatic heterocycles. The van der Waals surface area contributed by atoms with Crippen LogP contribution in [0.25, 0.3) is 0 Å². The van der Waals surface area contributed by atoms with E-state index in [0.29, 0.717) is 24.5 Å². The molecule has 0 radical (unpaired) electrons. The standard InChI is InChI=1S/C28H31ClN2O3/c1-3-17-30-28(33)26(18-21-7-5-4-6-8-21)31(20-23-9-13-24(29)14-10-23)27(32)19-22-11-15-25(34-2)16-12-22/h4-16,26H,3,17-20H2,1-2H3,(H,30,33)/t26-/m1/s1. The van der Waals surface area contributed by atoms with E-state index in [-0.39, 0.29) is 18.2 Å². The summed E-state index contributed by atoms with van der Waals surface area (Å²) in [5.74, 6) is 0.463. The fourth-order valence-electron chi connectivity index (χ4n) is 3.73. The minimum atomic E-state index is -0.643. The van der Waals surface area contributed by atoms with Crippen molar-refractivity contribution in [1.82, 2.24) is 10.2 Å². The van der Waals surface area contributed by atoms with Crippen LogP contribution in [-0.4, -0.2) is 36.4 Å². The summed E-state index contributed by atoms with van der Waals surface area (Å²) < 4.78 is 5.22. The van der Waals surface area contributed by atoms with Gasteiger partial charge in [-0.25, -0.2) is 0 Å². The molecule has 0 fully saturated rings. The Morgan fingerprint density at radius 2 is 1.56 bits per heavy atom. The Morgan fingerprint density at radius 1 is 0.912 bits per heavy atom. The predicted molar refractivity (Wildman–Crippen MR) is 136 cm³/mol. The number of amides is 2. The quantitative estimate of drug-likeness (QED) is 0.419. The first kappa shape index (κ1) is 25.3. The monoisotopic (exact) mass is 478 g/mol. The zero-order chi connectivity index (χ0) is 24.3. The van der Waals surface area contributed by atoms with Gasteiger partial charge in [-0.05, 0) is 47.4 Å². The van der Waals surface area contributed by atoms with Crippen molar-refractivity contribution in [1.29, 1.82) is 0 Å². The van der Waals surface area contributed by atoms with Crippen LogP contribution in [-0.2, 0) is 29.0 Å². The van der Waals surface area contributed by atoms with Crippen LogP contribution < -0.4 is 10.1 Å². The normalized spacial score (nSPS) is 11.5. The lowest BCUT2D eigenvalue weighted by atomic mass is 10.0. The molecule has 3 aromatic carbocycles. The molecule has 0 aliphatic rings. The van der Waals surface area contributed by atoms with Gasteiger partial charge in [0.15, 0.2) is 0 Å². The van der Waals surface area contributed by atoms with Crippen LogP contribution in [0.5, 0.6) is 5.75 Å². The first-order chi connectivity index (χ1) is 16.5. The second kappa shape index (κ2) is 12.8. The number of nitrogens with zero attached hydrogens (tertiary/aromatic N) is 1. The predicted octanol–water partition coefficient (Wildman–Crippen LogP) is 5.06. The molecule has 3 rings (SSSR count). The number of rotatable bonds is 11. The third kappa shape index (κ3) is 7.35. The molecule has 1 atom stereocenters. The SMILES string of the molecule is CCCNC(=O)[C@@H](Cc1ccccc1)N(Cc1ccc(Cl)cc1)C(=O)Cc1ccc(OC)cc1. The molecule has 5 nitrogen and oxygen atoms in total. The molecule has 0 unspecified atom stereocenters. The molecule has 0 bridgehead atoms. The van der Waals surface area contributed by atoms with Crippen molar-refractivity contribution < 1.29 is 14.3 Å². The first-order valence-electron chi connectivity index (χ1n) is 11.5. The minimum absolute atomic E-state index is 0.118. The van der Waals surface area contributed by atoms with Crippen LogP contribution in [0, 0.1) is 0 Å². The lowest BCUT2D eigenvalue weighted by molar-refractivity contribution is -0.140. The molecule has 178 valence electrons. The molecule has 0 saturated heterocycles. The van der Waals surface area contributed by atoms with Gasteiger partial charge in [-0.15, -0.1) is 0 Å². The number of methoxy groups -OCH3 is 1. The molecule has 6 heteroatoms. The molecule has 0 spiro atoms. The third-order valence-electron chi connectivity index (χ3n) is 5.60. The lowest BCUT2D eigenvalue weighted by Gasteiger charge is -2.31. The summed E-state index contributed by atoms with van der Waals surface area (Å²) in [7, 11) is 1.61. The second-order valence-electron chi connectivity index (χ2n) is 8.17. The number of carbonyl (C=O) groups excluding carboxylic acids is 2. The summed E-state index contributed by atoms with van der Waals surface area (Å²) in [6.07, 6.45) is 1.43. The zero-order valence-corrected chi connectivity index (χ0v) is 20.4. The molecule has 0 saturated carbocycles. The van der Waals surface area contributed by atoms with E-state index in [1.54, 1.807) is 24.1 Å². The fourth-order valence-corrected chi connectivity index (χ4v) is 3.85. The van der Waals surface area contributed by atoms with Crippen LogP contribution in [0.15, 0.2) is 78.9 Å². The molecule has 34 heavy (non-hydrogen) atoms. The molecule has 2 amide bonds. The first-order valence-corrected chi connectivity index (χ1v) is 11.9. The smallest absolute Gasteiger partial charge is 0.243 e. The summed E-state index contributed by atoms with van der Waals surface area (Å²) >= 11 is 6.07. The van der Waals surface area contributed by atoms with Gasteiger partial charge in [0.1, 0.15) is 11.8 Å². The lowest BCUT2D eigenvalue weighted by Crippen LogP contribution is -2.51. The molecule has 0 aliphatic heterocycles. The minimum Gasteiger partial charge on any atom is -0.497 e. The maximum absolute atomic E-state index is 13.6. The van der Waals surface area contributed by atoms with Crippen molar-refractivity contribution in [3.8, 4) is 5.75 Å². The summed E-state index contributed by atoms with van der Waals surface area (Å²) in [5, 5.41) is 3.62. The summed E-state index contributed by atoms with van der Waals surface area (Å²) in [5.41, 5.74) is 2.77. The number of benzene rings is 3. The van der Waals surface area contributed by atoms with Crippen molar-refractivity contribution >= 4 is 23.4 Å². The van der Waals surface area contributed by atoms with E-state index in [4.69, 9.17) is 16.3 Å². The second-order valence-corrected chi connectivity index (χ2v) is 8.61. The highest BCUT2D eigenvalue weighted by Gasteiger charge is 2.30. The van der Waals surface area contributed by atoms with Gasteiger partial charge >= 0.3 is 0 Å². The van der Waals surface area contributed by atoms with Crippen LogP contribution in [0.1, 0.15) is 30.0 Å². The number of nitrogens with one attached hydrogen (secondary N) is 1. The van der Waals surface area contributed by atoms with Crippen molar-refractivity contribution in [3.05, 3.63) is 101 Å². The van der Waals surface area contributed by atoms with E-state index in [0.717, 1.165) is 28.9 Å². The Hall–Kier alpha value is -3.31. The van der Waals surface area contributed by atoms with Gasteiger partial charge in [-0.3, -0.25) is 9.59 Å². The van der Waals surface area contributed by atoms with E-state index >= 15 is 0 Å².